The van der Waals surface area contributed by atoms with Crippen molar-refractivity contribution >= 4 is 21.8 Å². The third-order valence-electron chi connectivity index (χ3n) is 10.3. The van der Waals surface area contributed by atoms with Gasteiger partial charge in [-0.05, 0) is 125 Å². The first-order chi connectivity index (χ1) is 28.6. The summed E-state index contributed by atoms with van der Waals surface area (Å²) in [4.78, 5) is 9.35. The average Bonchev–Trinajstić information content (AvgIpc) is 4.01. The summed E-state index contributed by atoms with van der Waals surface area (Å²) in [6.45, 7) is 5.36. The molecule has 0 saturated carbocycles. The fourth-order valence-corrected chi connectivity index (χ4v) is 7.08. The predicted molar refractivity (Wildman–Crippen MR) is 225 cm³/mol. The van der Waals surface area contributed by atoms with Crippen molar-refractivity contribution in [2.45, 2.75) is 90.3 Å². The fourth-order valence-electron chi connectivity index (χ4n) is 7.08. The Morgan fingerprint density at radius 3 is 1.88 bits per heavy atom. The first kappa shape index (κ1) is 39.7. The van der Waals surface area contributed by atoms with Crippen molar-refractivity contribution in [1.29, 1.82) is 0 Å². The van der Waals surface area contributed by atoms with Gasteiger partial charge in [0.2, 0.25) is 0 Å². The largest absolute Gasteiger partial charge is 0.487 e. The van der Waals surface area contributed by atoms with Crippen LogP contribution in [-0.2, 0) is 26.1 Å². The fraction of sp³-hybridized carbons (Fsp3) is 0.304. The average molecular weight is 775 g/mol. The summed E-state index contributed by atoms with van der Waals surface area (Å²) in [5.41, 5.74) is 6.41. The van der Waals surface area contributed by atoms with E-state index in [9.17, 15) is 0 Å². The number of hydrogen-bond donors (Lipinski definition) is 2. The highest BCUT2D eigenvalue weighted by atomic mass is 16.5. The lowest BCUT2D eigenvalue weighted by atomic mass is 9.95. The predicted octanol–water partition coefficient (Wildman–Crippen LogP) is 9.69. The summed E-state index contributed by atoms with van der Waals surface area (Å²) in [6.07, 6.45) is 8.34. The number of nitrogens with one attached hydrogen (secondary N) is 2. The Bertz CT molecular complexity index is 2440. The van der Waals surface area contributed by atoms with Gasteiger partial charge in [0.1, 0.15) is 30.5 Å². The van der Waals surface area contributed by atoms with Gasteiger partial charge in [0.05, 0.1) is 22.4 Å². The van der Waals surface area contributed by atoms with E-state index in [1.165, 1.54) is 11.1 Å². The van der Waals surface area contributed by atoms with E-state index in [2.05, 4.69) is 126 Å². The number of ether oxygens (including phenoxy) is 2. The highest BCUT2D eigenvalue weighted by Crippen LogP contribution is 2.27. The molecule has 2 N–H and O–H groups in total. The van der Waals surface area contributed by atoms with E-state index in [1.807, 2.05) is 60.7 Å². The van der Waals surface area contributed by atoms with Gasteiger partial charge in [-0.2, -0.15) is 0 Å². The van der Waals surface area contributed by atoms with Crippen molar-refractivity contribution in [1.82, 2.24) is 51.2 Å². The van der Waals surface area contributed by atoms with Crippen molar-refractivity contribution in [2.24, 2.45) is 0 Å². The molecule has 0 amide bonds. The van der Waals surface area contributed by atoms with Crippen LogP contribution in [0.1, 0.15) is 98.4 Å². The Morgan fingerprint density at radius 1 is 0.586 bits per heavy atom. The number of aryl methyl sites for hydroxylation is 2. The zero-order valence-electron chi connectivity index (χ0n) is 33.2. The molecule has 0 fully saturated rings. The van der Waals surface area contributed by atoms with Crippen LogP contribution in [0.2, 0.25) is 0 Å². The van der Waals surface area contributed by atoms with Gasteiger partial charge in [-0.1, -0.05) is 93.1 Å². The number of rotatable bonds is 18. The van der Waals surface area contributed by atoms with Crippen LogP contribution >= 0.6 is 0 Å². The van der Waals surface area contributed by atoms with Crippen LogP contribution in [0.3, 0.4) is 0 Å². The van der Waals surface area contributed by atoms with Crippen LogP contribution in [0.15, 0.2) is 121 Å². The van der Waals surface area contributed by atoms with Gasteiger partial charge in [-0.25, -0.2) is 20.2 Å². The van der Waals surface area contributed by atoms with Crippen LogP contribution in [-0.4, -0.2) is 51.2 Å². The molecule has 2 atom stereocenters. The Kier molecular flexibility index (Phi) is 14.1. The van der Waals surface area contributed by atoms with Gasteiger partial charge in [0.15, 0.2) is 5.82 Å². The molecule has 0 bridgehead atoms. The molecule has 8 aromatic rings. The highest BCUT2D eigenvalue weighted by Gasteiger charge is 2.14. The Morgan fingerprint density at radius 2 is 1.22 bits per heavy atom. The molecule has 8 rings (SSSR count). The summed E-state index contributed by atoms with van der Waals surface area (Å²) < 4.78 is 12.0. The first-order valence-corrected chi connectivity index (χ1v) is 20.2. The number of nitrogens with zero attached hydrogens (tertiary/aromatic N) is 8. The minimum atomic E-state index is 0.392. The summed E-state index contributed by atoms with van der Waals surface area (Å²) in [7, 11) is 0. The maximum absolute atomic E-state index is 6.01. The van der Waals surface area contributed by atoms with E-state index in [4.69, 9.17) is 9.47 Å². The third-order valence-corrected chi connectivity index (χ3v) is 10.3. The lowest BCUT2D eigenvalue weighted by molar-refractivity contribution is 0.301. The molecule has 58 heavy (non-hydrogen) atoms. The smallest absolute Gasteiger partial charge is 0.151 e. The molecule has 12 nitrogen and oxygen atoms in total. The van der Waals surface area contributed by atoms with Gasteiger partial charge in [0, 0.05) is 23.1 Å². The molecule has 4 aromatic carbocycles. The Labute approximate surface area is 338 Å². The van der Waals surface area contributed by atoms with Crippen LogP contribution in [0.5, 0.6) is 11.5 Å². The SMILES string of the molecule is CC(CCCc1nnn[nH]1)c1cccc(OCc2ccc3ccccc3n2)c1.CCCC(CCCc1cccc(OCc2ccc3ccccc3n2)c1)c1nnn[nH]1. The molecule has 0 aliphatic heterocycles. The van der Waals surface area contributed by atoms with Crippen molar-refractivity contribution in [2.75, 3.05) is 0 Å². The van der Waals surface area contributed by atoms with Crippen molar-refractivity contribution in [3.8, 4) is 11.5 Å². The van der Waals surface area contributed by atoms with Gasteiger partial charge in [-0.3, -0.25) is 0 Å². The molecule has 4 aromatic heterocycles. The highest BCUT2D eigenvalue weighted by molar-refractivity contribution is 5.79. The van der Waals surface area contributed by atoms with E-state index >= 15 is 0 Å². The third kappa shape index (κ3) is 11.5. The number of H-pyrrole nitrogens is 2. The number of tetrazole rings is 2. The normalized spacial score (nSPS) is 12.2. The molecule has 0 saturated heterocycles. The van der Waals surface area contributed by atoms with Gasteiger partial charge >= 0.3 is 0 Å². The summed E-state index contributed by atoms with van der Waals surface area (Å²) in [6, 6.07) is 41.2. The number of aromatic nitrogens is 10. The summed E-state index contributed by atoms with van der Waals surface area (Å²) in [5.74, 6) is 4.33. The van der Waals surface area contributed by atoms with Crippen LogP contribution in [0.25, 0.3) is 21.8 Å². The second kappa shape index (κ2) is 20.6. The minimum absolute atomic E-state index is 0.392. The zero-order chi connectivity index (χ0) is 39.8. The maximum atomic E-state index is 6.01. The first-order valence-electron chi connectivity index (χ1n) is 20.2. The molecular weight excluding hydrogens is 725 g/mol. The molecule has 296 valence electrons. The van der Waals surface area contributed by atoms with E-state index in [0.29, 0.717) is 25.0 Å². The lowest BCUT2D eigenvalue weighted by Gasteiger charge is -2.13. The number of para-hydroxylation sites is 2. The molecule has 0 radical (unpaired) electrons. The topological polar surface area (TPSA) is 153 Å². The van der Waals surface area contributed by atoms with Gasteiger partial charge < -0.3 is 9.47 Å². The van der Waals surface area contributed by atoms with Gasteiger partial charge in [-0.15, -0.1) is 10.2 Å². The molecule has 12 heteroatoms. The maximum Gasteiger partial charge on any atom is 0.151 e. The van der Waals surface area contributed by atoms with Crippen LogP contribution in [0, 0.1) is 0 Å². The molecular formula is C46H50N10O2. The molecule has 0 aliphatic rings. The molecule has 0 spiro atoms. The lowest BCUT2D eigenvalue weighted by Crippen LogP contribution is -2.03. The standard InChI is InChI=1S/C24H27N5O.C22H23N5O/c1-2-7-20(24-26-28-29-27-24)11-5-8-18-9-6-12-22(16-18)30-17-21-15-14-19-10-3-4-13-23(19)25-21;1-16(6-4-11-22-24-26-27-25-22)18-8-5-9-20(14-18)28-15-19-13-12-17-7-2-3-10-21(17)23-19/h3-4,6,9-10,12-16,20H,2,5,7-8,11,17H2,1H3,(H,26,27,28,29);2-3,5,7-10,12-14,16H,4,6,11,15H2,1H3,(H,24,25,26,27). The Hall–Kier alpha value is -6.56. The molecule has 4 heterocycles. The molecule has 2 unspecified atom stereocenters. The van der Waals surface area contributed by atoms with E-state index in [0.717, 1.165) is 108 Å². The van der Waals surface area contributed by atoms with E-state index in [1.54, 1.807) is 0 Å². The van der Waals surface area contributed by atoms with E-state index in [-0.39, 0.29) is 0 Å². The summed E-state index contributed by atoms with van der Waals surface area (Å²) in [5, 5.41) is 30.7. The monoisotopic (exact) mass is 774 g/mol. The second-order valence-electron chi connectivity index (χ2n) is 14.6. The van der Waals surface area contributed by atoms with Crippen LogP contribution in [0.4, 0.5) is 0 Å². The second-order valence-corrected chi connectivity index (χ2v) is 14.6. The van der Waals surface area contributed by atoms with E-state index < -0.39 is 0 Å². The van der Waals surface area contributed by atoms with Crippen LogP contribution < -0.4 is 9.47 Å². The van der Waals surface area contributed by atoms with Gasteiger partial charge in [0.25, 0.3) is 0 Å². The Balaban J connectivity index is 0.000000177. The minimum Gasteiger partial charge on any atom is -0.487 e. The molecule has 0 aliphatic carbocycles. The summed E-state index contributed by atoms with van der Waals surface area (Å²) >= 11 is 0. The number of benzene rings is 4. The number of fused-ring (bicyclic) bond motifs is 2. The van der Waals surface area contributed by atoms with Crippen molar-refractivity contribution in [3.63, 3.8) is 0 Å². The van der Waals surface area contributed by atoms with Crippen molar-refractivity contribution < 1.29 is 9.47 Å². The van der Waals surface area contributed by atoms with Crippen molar-refractivity contribution in [3.05, 3.63) is 155 Å². The number of hydrogen-bond acceptors (Lipinski definition) is 10. The number of pyridine rings is 2. The zero-order valence-corrected chi connectivity index (χ0v) is 33.2. The number of aromatic amines is 2. The quantitative estimate of drug-likeness (QED) is 0.0862.